The molecule has 0 aliphatic carbocycles. The summed E-state index contributed by atoms with van der Waals surface area (Å²) in [5, 5.41) is 2.27. The van der Waals surface area contributed by atoms with E-state index in [0.29, 0.717) is 0 Å². The molecular formula is C9H17NS2Sn. The van der Waals surface area contributed by atoms with Crippen LogP contribution in [0.25, 0.3) is 0 Å². The molecule has 0 saturated carbocycles. The summed E-state index contributed by atoms with van der Waals surface area (Å²) in [5.41, 5.74) is 0. The Kier molecular flexibility index (Phi) is 4.58. The second kappa shape index (κ2) is 5.03. The Morgan fingerprint density at radius 1 is 1.46 bits per heavy atom. The normalized spacial score (nSPS) is 12.0. The number of nitrogens with zero attached hydrogens (tertiary/aromatic N) is 1. The van der Waals surface area contributed by atoms with E-state index in [1.165, 1.54) is 20.2 Å². The second-order valence-corrected chi connectivity index (χ2v) is 20.6. The zero-order valence-electron chi connectivity index (χ0n) is 8.76. The summed E-state index contributed by atoms with van der Waals surface area (Å²) in [4.78, 5) is 11.9. The van der Waals surface area contributed by atoms with Gasteiger partial charge in [0.2, 0.25) is 0 Å². The van der Waals surface area contributed by atoms with Gasteiger partial charge in [0.1, 0.15) is 0 Å². The number of thioether (sulfide) groups is 1. The molecule has 4 heteroatoms. The average molecular weight is 322 g/mol. The first-order valence-corrected chi connectivity index (χ1v) is 16.5. The zero-order valence-corrected chi connectivity index (χ0v) is 13.2. The van der Waals surface area contributed by atoms with Crippen molar-refractivity contribution >= 4 is 45.2 Å². The van der Waals surface area contributed by atoms with Crippen LogP contribution in [0.4, 0.5) is 0 Å². The van der Waals surface area contributed by atoms with Gasteiger partial charge in [0.25, 0.3) is 0 Å². The Morgan fingerprint density at radius 3 is 2.62 bits per heavy atom. The first-order chi connectivity index (χ1) is 6.04. The predicted molar refractivity (Wildman–Crippen MR) is 66.1 cm³/mol. The van der Waals surface area contributed by atoms with Crippen molar-refractivity contribution < 1.29 is 0 Å². The maximum atomic E-state index is 4.69. The zero-order chi connectivity index (χ0) is 9.90. The molecule has 0 saturated heterocycles. The molecule has 0 radical (unpaired) electrons. The summed E-state index contributed by atoms with van der Waals surface area (Å²) in [7, 11) is 0. The molecule has 0 bridgehead atoms. The molecule has 0 aromatic carbocycles. The van der Waals surface area contributed by atoms with E-state index in [1.54, 1.807) is 0 Å². The van der Waals surface area contributed by atoms with E-state index in [-0.39, 0.29) is 0 Å². The second-order valence-electron chi connectivity index (χ2n) is 4.10. The third kappa shape index (κ3) is 3.80. The van der Waals surface area contributed by atoms with Crippen molar-refractivity contribution in [1.82, 2.24) is 4.98 Å². The van der Waals surface area contributed by atoms with Crippen molar-refractivity contribution in [2.75, 3.05) is 5.75 Å². The van der Waals surface area contributed by atoms with Crippen molar-refractivity contribution in [3.05, 3.63) is 5.38 Å². The Hall–Kier alpha value is 0.779. The van der Waals surface area contributed by atoms with Gasteiger partial charge >= 0.3 is 93.8 Å². The van der Waals surface area contributed by atoms with E-state index >= 15 is 0 Å². The summed E-state index contributed by atoms with van der Waals surface area (Å²) >= 11 is 1.86. The number of aromatic nitrogens is 1. The van der Waals surface area contributed by atoms with Crippen LogP contribution >= 0.6 is 23.1 Å². The molecule has 0 fully saturated rings. The van der Waals surface area contributed by atoms with Crippen LogP contribution in [0.15, 0.2) is 9.72 Å². The van der Waals surface area contributed by atoms with E-state index in [4.69, 9.17) is 4.98 Å². The van der Waals surface area contributed by atoms with E-state index in [0.717, 1.165) is 0 Å². The van der Waals surface area contributed by atoms with Gasteiger partial charge in [-0.3, -0.25) is 0 Å². The Morgan fingerprint density at radius 2 is 2.15 bits per heavy atom. The van der Waals surface area contributed by atoms with Gasteiger partial charge in [-0.05, 0) is 0 Å². The molecule has 0 atom stereocenters. The van der Waals surface area contributed by atoms with Gasteiger partial charge in [-0.1, -0.05) is 0 Å². The maximum absolute atomic E-state index is 4.69. The van der Waals surface area contributed by atoms with Crippen molar-refractivity contribution in [2.45, 2.75) is 32.5 Å². The molecule has 74 valence electrons. The van der Waals surface area contributed by atoms with Gasteiger partial charge in [-0.15, -0.1) is 0 Å². The van der Waals surface area contributed by atoms with Crippen LogP contribution in [-0.2, 0) is 0 Å². The molecule has 0 aliphatic rings. The van der Waals surface area contributed by atoms with Crippen molar-refractivity contribution in [3.8, 4) is 0 Å². The van der Waals surface area contributed by atoms with Crippen LogP contribution < -0.4 is 3.71 Å². The van der Waals surface area contributed by atoms with Gasteiger partial charge < -0.3 is 0 Å². The Labute approximate surface area is 93.2 Å². The predicted octanol–water partition coefficient (Wildman–Crippen LogP) is 3.19. The minimum atomic E-state index is -1.86. The van der Waals surface area contributed by atoms with E-state index in [2.05, 4.69) is 27.1 Å². The molecule has 1 nitrogen and oxygen atoms in total. The quantitative estimate of drug-likeness (QED) is 0.624. The molecule has 0 unspecified atom stereocenters. The van der Waals surface area contributed by atoms with E-state index in [9.17, 15) is 0 Å². The first-order valence-electron chi connectivity index (χ1n) is 4.63. The van der Waals surface area contributed by atoms with Crippen LogP contribution in [0.3, 0.4) is 0 Å². The van der Waals surface area contributed by atoms with Crippen molar-refractivity contribution in [2.24, 2.45) is 0 Å². The van der Waals surface area contributed by atoms with E-state index < -0.39 is 18.4 Å². The number of thiazole rings is 1. The van der Waals surface area contributed by atoms with Gasteiger partial charge in [-0.2, -0.15) is 0 Å². The number of rotatable bonds is 4. The van der Waals surface area contributed by atoms with Crippen molar-refractivity contribution in [3.63, 3.8) is 0 Å². The molecule has 1 heterocycles. The third-order valence-corrected chi connectivity index (χ3v) is 9.62. The molecule has 1 aromatic rings. The molecule has 0 N–H and O–H groups in total. The summed E-state index contributed by atoms with van der Waals surface area (Å²) < 4.78 is 2.70. The number of hydrogen-bond donors (Lipinski definition) is 0. The van der Waals surface area contributed by atoms with Crippen LogP contribution in [-0.4, -0.2) is 29.1 Å². The average Bonchev–Trinajstić information content (AvgIpc) is 2.47. The van der Waals surface area contributed by atoms with E-state index in [1.807, 2.05) is 23.1 Å². The summed E-state index contributed by atoms with van der Waals surface area (Å²) in [6.07, 6.45) is 1.23. The standard InChI is InChI=1S/C6H8NS2.3CH3.Sn/c1-2-4-8-6-7-3-5-9-6;;;;/h5H,2,4H2,1H3;3*1H3;. The summed E-state index contributed by atoms with van der Waals surface area (Å²) in [6.45, 7) is 2.21. The topological polar surface area (TPSA) is 12.9 Å². The molecule has 0 aliphatic heterocycles. The molecule has 1 aromatic heterocycles. The molecule has 1 rings (SSSR count). The summed E-state index contributed by atoms with van der Waals surface area (Å²) in [5.74, 6) is 1.20. The Bertz CT molecular complexity index is 265. The minimum absolute atomic E-state index is 1.20. The fourth-order valence-corrected chi connectivity index (χ4v) is 8.11. The molecular weight excluding hydrogens is 305 g/mol. The van der Waals surface area contributed by atoms with Gasteiger partial charge in [-0.25, -0.2) is 0 Å². The molecule has 0 amide bonds. The fourth-order valence-electron chi connectivity index (χ4n) is 0.857. The van der Waals surface area contributed by atoms with Gasteiger partial charge in [0.15, 0.2) is 0 Å². The van der Waals surface area contributed by atoms with Crippen LogP contribution in [0.2, 0.25) is 14.8 Å². The van der Waals surface area contributed by atoms with Crippen molar-refractivity contribution in [1.29, 1.82) is 0 Å². The SMILES string of the molecule is CCCSc1n[c]([Sn]([CH3])([CH3])[CH3])cs1. The van der Waals surface area contributed by atoms with Crippen LogP contribution in [0.1, 0.15) is 13.3 Å². The summed E-state index contributed by atoms with van der Waals surface area (Å²) in [6, 6.07) is 0. The fraction of sp³-hybridized carbons (Fsp3) is 0.667. The molecule has 0 spiro atoms. The number of hydrogen-bond acceptors (Lipinski definition) is 3. The van der Waals surface area contributed by atoms with Gasteiger partial charge in [0, 0.05) is 0 Å². The van der Waals surface area contributed by atoms with Gasteiger partial charge in [0.05, 0.1) is 0 Å². The third-order valence-electron chi connectivity index (χ3n) is 1.68. The molecule has 13 heavy (non-hydrogen) atoms. The van der Waals surface area contributed by atoms with Crippen LogP contribution in [0, 0.1) is 0 Å². The first kappa shape index (κ1) is 11.9. The van der Waals surface area contributed by atoms with Crippen LogP contribution in [0.5, 0.6) is 0 Å². The Balaban J connectivity index is 2.64. The monoisotopic (exact) mass is 323 g/mol.